The predicted molar refractivity (Wildman–Crippen MR) is 70.8 cm³/mol. The van der Waals surface area contributed by atoms with Crippen molar-refractivity contribution in [2.75, 3.05) is 5.32 Å². The Hall–Kier alpha value is -1.65. The summed E-state index contributed by atoms with van der Waals surface area (Å²) in [6, 6.07) is 1.83. The van der Waals surface area contributed by atoms with E-state index in [1.165, 1.54) is 0 Å². The van der Waals surface area contributed by atoms with Crippen molar-refractivity contribution >= 4 is 11.8 Å². The van der Waals surface area contributed by atoms with Crippen molar-refractivity contribution in [2.24, 2.45) is 0 Å². The fourth-order valence-corrected chi connectivity index (χ4v) is 1.68. The van der Waals surface area contributed by atoms with Gasteiger partial charge in [-0.05, 0) is 20.8 Å². The first kappa shape index (κ1) is 14.4. The largest absolute Gasteiger partial charge is 0.481 e. The minimum atomic E-state index is -0.831. The zero-order chi connectivity index (χ0) is 13.9. The van der Waals surface area contributed by atoms with Crippen LogP contribution in [0, 0.1) is 6.92 Å². The SMILES string of the molecule is Cc1cc(NC(C)(C)CC(=O)O)nc(C(C)C)n1. The lowest BCUT2D eigenvalue weighted by Gasteiger charge is -2.25. The van der Waals surface area contributed by atoms with Crippen molar-refractivity contribution < 1.29 is 9.90 Å². The van der Waals surface area contributed by atoms with Crippen LogP contribution in [0.25, 0.3) is 0 Å². The summed E-state index contributed by atoms with van der Waals surface area (Å²) in [6.07, 6.45) is 0.0348. The molecule has 5 nitrogen and oxygen atoms in total. The summed E-state index contributed by atoms with van der Waals surface area (Å²) < 4.78 is 0. The summed E-state index contributed by atoms with van der Waals surface area (Å²) in [4.78, 5) is 19.5. The highest BCUT2D eigenvalue weighted by Crippen LogP contribution is 2.19. The first-order valence-corrected chi connectivity index (χ1v) is 6.05. The van der Waals surface area contributed by atoms with E-state index in [4.69, 9.17) is 5.11 Å². The molecule has 0 saturated carbocycles. The van der Waals surface area contributed by atoms with E-state index in [1.54, 1.807) is 0 Å². The van der Waals surface area contributed by atoms with Gasteiger partial charge in [-0.1, -0.05) is 13.8 Å². The number of nitrogens with zero attached hydrogens (tertiary/aromatic N) is 2. The van der Waals surface area contributed by atoms with Crippen LogP contribution in [-0.4, -0.2) is 26.6 Å². The smallest absolute Gasteiger partial charge is 0.305 e. The summed E-state index contributed by atoms with van der Waals surface area (Å²) in [5.41, 5.74) is 0.336. The minimum absolute atomic E-state index is 0.0348. The van der Waals surface area contributed by atoms with E-state index in [9.17, 15) is 4.79 Å². The van der Waals surface area contributed by atoms with Crippen molar-refractivity contribution in [3.63, 3.8) is 0 Å². The Morgan fingerprint density at radius 1 is 1.44 bits per heavy atom. The van der Waals surface area contributed by atoms with Gasteiger partial charge in [-0.25, -0.2) is 9.97 Å². The van der Waals surface area contributed by atoms with Crippen LogP contribution in [0.15, 0.2) is 6.07 Å². The monoisotopic (exact) mass is 251 g/mol. The van der Waals surface area contributed by atoms with E-state index in [0.717, 1.165) is 11.5 Å². The Labute approximate surface area is 108 Å². The average Bonchev–Trinajstić information content (AvgIpc) is 2.12. The van der Waals surface area contributed by atoms with Gasteiger partial charge in [-0.15, -0.1) is 0 Å². The van der Waals surface area contributed by atoms with Crippen molar-refractivity contribution in [3.05, 3.63) is 17.6 Å². The topological polar surface area (TPSA) is 75.1 Å². The first-order chi connectivity index (χ1) is 8.19. The van der Waals surface area contributed by atoms with Crippen LogP contribution in [0.5, 0.6) is 0 Å². The number of aryl methyl sites for hydroxylation is 1. The molecule has 0 spiro atoms. The number of hydrogen-bond donors (Lipinski definition) is 2. The second kappa shape index (κ2) is 5.33. The number of carbonyl (C=O) groups is 1. The molecule has 5 heteroatoms. The maximum atomic E-state index is 10.8. The molecular formula is C13H21N3O2. The molecule has 1 aromatic rings. The molecule has 0 saturated heterocycles. The highest BCUT2D eigenvalue weighted by atomic mass is 16.4. The molecule has 0 aliphatic carbocycles. The summed E-state index contributed by atoms with van der Waals surface area (Å²) >= 11 is 0. The first-order valence-electron chi connectivity index (χ1n) is 6.05. The molecule has 0 bridgehead atoms. The van der Waals surface area contributed by atoms with Gasteiger partial charge in [0.15, 0.2) is 0 Å². The molecule has 18 heavy (non-hydrogen) atoms. The maximum Gasteiger partial charge on any atom is 0.305 e. The second-order valence-corrected chi connectivity index (χ2v) is 5.49. The molecular weight excluding hydrogens is 230 g/mol. The number of carboxylic acid groups (broad SMARTS) is 1. The fourth-order valence-electron chi connectivity index (χ4n) is 1.68. The third kappa shape index (κ3) is 4.31. The normalized spacial score (nSPS) is 11.7. The number of nitrogens with one attached hydrogen (secondary N) is 1. The van der Waals surface area contributed by atoms with Gasteiger partial charge in [0, 0.05) is 23.2 Å². The van der Waals surface area contributed by atoms with E-state index < -0.39 is 11.5 Å². The second-order valence-electron chi connectivity index (χ2n) is 5.49. The summed E-state index contributed by atoms with van der Waals surface area (Å²) in [5, 5.41) is 12.0. The third-order valence-electron chi connectivity index (χ3n) is 2.45. The number of carboxylic acids is 1. The maximum absolute atomic E-state index is 10.8. The molecule has 0 radical (unpaired) electrons. The van der Waals surface area contributed by atoms with E-state index in [2.05, 4.69) is 15.3 Å². The minimum Gasteiger partial charge on any atom is -0.481 e. The molecule has 1 rings (SSSR count). The zero-order valence-corrected chi connectivity index (χ0v) is 11.6. The summed E-state index contributed by atoms with van der Waals surface area (Å²) in [6.45, 7) is 9.64. The summed E-state index contributed by atoms with van der Waals surface area (Å²) in [5.74, 6) is 0.858. The van der Waals surface area contributed by atoms with Crippen LogP contribution in [0.4, 0.5) is 5.82 Å². The number of aliphatic carboxylic acids is 1. The number of rotatable bonds is 5. The van der Waals surface area contributed by atoms with Gasteiger partial charge < -0.3 is 10.4 Å². The average molecular weight is 251 g/mol. The van der Waals surface area contributed by atoms with Crippen LogP contribution < -0.4 is 5.32 Å². The molecule has 1 aromatic heterocycles. The highest BCUT2D eigenvalue weighted by Gasteiger charge is 2.22. The standard InChI is InChI=1S/C13H21N3O2/c1-8(2)12-14-9(3)6-10(15-12)16-13(4,5)7-11(17)18/h6,8H,7H2,1-5H3,(H,17,18)(H,14,15,16). The van der Waals surface area contributed by atoms with Crippen molar-refractivity contribution in [1.29, 1.82) is 0 Å². The van der Waals surface area contributed by atoms with Gasteiger partial charge in [0.25, 0.3) is 0 Å². The third-order valence-corrected chi connectivity index (χ3v) is 2.45. The van der Waals surface area contributed by atoms with Gasteiger partial charge >= 0.3 is 5.97 Å². The molecule has 0 amide bonds. The molecule has 0 aromatic carbocycles. The molecule has 0 fully saturated rings. The molecule has 2 N–H and O–H groups in total. The van der Waals surface area contributed by atoms with E-state index in [-0.39, 0.29) is 12.3 Å². The Kier molecular flexibility index (Phi) is 4.27. The van der Waals surface area contributed by atoms with Gasteiger partial charge in [-0.3, -0.25) is 4.79 Å². The number of aromatic nitrogens is 2. The van der Waals surface area contributed by atoms with Crippen molar-refractivity contribution in [2.45, 2.75) is 52.5 Å². The Morgan fingerprint density at radius 2 is 2.06 bits per heavy atom. The van der Waals surface area contributed by atoms with Crippen molar-refractivity contribution in [1.82, 2.24) is 9.97 Å². The highest BCUT2D eigenvalue weighted by molar-refractivity contribution is 5.69. The van der Waals surface area contributed by atoms with Crippen LogP contribution in [0.1, 0.15) is 51.6 Å². The van der Waals surface area contributed by atoms with Crippen molar-refractivity contribution in [3.8, 4) is 0 Å². The van der Waals surface area contributed by atoms with Crippen LogP contribution >= 0.6 is 0 Å². The Bertz CT molecular complexity index is 442. The van der Waals surface area contributed by atoms with E-state index in [0.29, 0.717) is 5.82 Å². The molecule has 1 heterocycles. The van der Waals surface area contributed by atoms with Crippen LogP contribution in [-0.2, 0) is 4.79 Å². The van der Waals surface area contributed by atoms with Crippen LogP contribution in [0.2, 0.25) is 0 Å². The van der Waals surface area contributed by atoms with Crippen LogP contribution in [0.3, 0.4) is 0 Å². The predicted octanol–water partition coefficient (Wildman–Crippen LogP) is 2.57. The molecule has 0 aliphatic heterocycles. The quantitative estimate of drug-likeness (QED) is 0.841. The Morgan fingerprint density at radius 3 is 2.56 bits per heavy atom. The molecule has 100 valence electrons. The fraction of sp³-hybridized carbons (Fsp3) is 0.615. The molecule has 0 atom stereocenters. The Balaban J connectivity index is 2.93. The lowest BCUT2D eigenvalue weighted by atomic mass is 10.0. The lowest BCUT2D eigenvalue weighted by molar-refractivity contribution is -0.137. The zero-order valence-electron chi connectivity index (χ0n) is 11.6. The molecule has 0 unspecified atom stereocenters. The van der Waals surface area contributed by atoms with E-state index >= 15 is 0 Å². The van der Waals surface area contributed by atoms with Gasteiger partial charge in [-0.2, -0.15) is 0 Å². The number of hydrogen-bond acceptors (Lipinski definition) is 4. The van der Waals surface area contributed by atoms with Gasteiger partial charge in [0.1, 0.15) is 11.6 Å². The summed E-state index contributed by atoms with van der Waals surface area (Å²) in [7, 11) is 0. The van der Waals surface area contributed by atoms with E-state index in [1.807, 2.05) is 40.7 Å². The van der Waals surface area contributed by atoms with Gasteiger partial charge in [0.2, 0.25) is 0 Å². The number of anilines is 1. The van der Waals surface area contributed by atoms with Gasteiger partial charge in [0.05, 0.1) is 6.42 Å². The lowest BCUT2D eigenvalue weighted by Crippen LogP contribution is -2.34. The molecule has 0 aliphatic rings.